The third kappa shape index (κ3) is 51.9. The molecule has 5 N–H and O–H groups in total. The van der Waals surface area contributed by atoms with Crippen molar-refractivity contribution in [3.8, 4) is 0 Å². The summed E-state index contributed by atoms with van der Waals surface area (Å²) in [5, 5.41) is 44.1. The molecule has 0 saturated carbocycles. The fourth-order valence-corrected chi connectivity index (χ4v) is 10.5. The number of unbranched alkanes of at least 4 members (excludes halogenated alkanes) is 49. The molecule has 0 aliphatic heterocycles. The molecule has 0 fully saturated rings. The number of allylic oxidation sites excluding steroid dienone is 2. The lowest BCUT2D eigenvalue weighted by atomic mass is 10.00. The molecule has 0 rings (SSSR count). The standard InChI is InChI=1S/C64H127NO5/c1-3-5-7-9-11-13-15-17-19-21-23-25-27-29-30-31-32-34-35-37-39-41-43-45-47-49-51-53-55-57-61(67)63(69)60(59-66)65-64(70)62(68)58-56-54-52-50-48-46-44-42-40-38-36-33-28-26-24-22-20-18-16-14-12-10-8-6-4-2/h49,51,60-63,66-69H,3-48,50,52-59H2,1-2H3,(H,65,70)/b51-49+. The van der Waals surface area contributed by atoms with E-state index >= 15 is 0 Å². The van der Waals surface area contributed by atoms with Gasteiger partial charge in [-0.1, -0.05) is 334 Å². The number of amides is 1. The molecule has 0 radical (unpaired) electrons. The van der Waals surface area contributed by atoms with Gasteiger partial charge in [-0.15, -0.1) is 0 Å². The normalized spacial score (nSPS) is 13.6. The minimum Gasteiger partial charge on any atom is -0.394 e. The van der Waals surface area contributed by atoms with E-state index in [9.17, 15) is 25.2 Å². The van der Waals surface area contributed by atoms with Crippen molar-refractivity contribution in [2.24, 2.45) is 0 Å². The van der Waals surface area contributed by atoms with E-state index in [2.05, 4.69) is 31.3 Å². The second-order valence-electron chi connectivity index (χ2n) is 22.5. The highest BCUT2D eigenvalue weighted by molar-refractivity contribution is 5.80. The summed E-state index contributed by atoms with van der Waals surface area (Å²) in [6.07, 6.45) is 71.7. The van der Waals surface area contributed by atoms with Crippen molar-refractivity contribution in [2.75, 3.05) is 6.61 Å². The highest BCUT2D eigenvalue weighted by atomic mass is 16.3. The minimum absolute atomic E-state index is 0.369. The Morgan fingerprint density at radius 2 is 0.586 bits per heavy atom. The quantitative estimate of drug-likeness (QED) is 0.0308. The molecule has 6 heteroatoms. The molecule has 0 bridgehead atoms. The first-order valence-electron chi connectivity index (χ1n) is 32.1. The van der Waals surface area contributed by atoms with Crippen LogP contribution in [0, 0.1) is 0 Å². The maximum Gasteiger partial charge on any atom is 0.249 e. The van der Waals surface area contributed by atoms with Gasteiger partial charge in [0.15, 0.2) is 0 Å². The Morgan fingerprint density at radius 1 is 0.343 bits per heavy atom. The molecule has 418 valence electrons. The summed E-state index contributed by atoms with van der Waals surface area (Å²) in [6, 6.07) is -1.000. The van der Waals surface area contributed by atoms with E-state index < -0.39 is 36.9 Å². The first-order valence-corrected chi connectivity index (χ1v) is 32.1. The summed E-state index contributed by atoms with van der Waals surface area (Å²) in [7, 11) is 0. The number of hydrogen-bond acceptors (Lipinski definition) is 5. The van der Waals surface area contributed by atoms with Gasteiger partial charge in [0.2, 0.25) is 5.91 Å². The van der Waals surface area contributed by atoms with Gasteiger partial charge in [-0.3, -0.25) is 4.79 Å². The molecule has 0 aromatic heterocycles. The molecule has 1 amide bonds. The lowest BCUT2D eigenvalue weighted by Gasteiger charge is -2.27. The molecule has 0 aliphatic rings. The van der Waals surface area contributed by atoms with Crippen LogP contribution in [0.25, 0.3) is 0 Å². The Labute approximate surface area is 438 Å². The van der Waals surface area contributed by atoms with Crippen LogP contribution in [0.2, 0.25) is 0 Å². The predicted octanol–water partition coefficient (Wildman–Crippen LogP) is 19.2. The van der Waals surface area contributed by atoms with Crippen LogP contribution in [0.4, 0.5) is 0 Å². The molecule has 0 aliphatic carbocycles. The largest absolute Gasteiger partial charge is 0.394 e. The van der Waals surface area contributed by atoms with Crippen molar-refractivity contribution in [2.45, 2.75) is 385 Å². The Kier molecular flexibility index (Phi) is 58.1. The van der Waals surface area contributed by atoms with E-state index in [0.717, 1.165) is 38.5 Å². The van der Waals surface area contributed by atoms with Gasteiger partial charge in [0.25, 0.3) is 0 Å². The number of carbonyl (C=O) groups excluding carboxylic acids is 1. The van der Waals surface area contributed by atoms with Crippen LogP contribution in [-0.4, -0.2) is 57.3 Å². The zero-order chi connectivity index (χ0) is 50.9. The number of aliphatic hydroxyl groups excluding tert-OH is 4. The number of aliphatic hydroxyl groups is 4. The summed E-state index contributed by atoms with van der Waals surface area (Å²) < 4.78 is 0. The van der Waals surface area contributed by atoms with E-state index in [1.165, 1.54) is 295 Å². The first kappa shape index (κ1) is 69.0. The van der Waals surface area contributed by atoms with E-state index in [-0.39, 0.29) is 0 Å². The van der Waals surface area contributed by atoms with E-state index in [1.807, 2.05) is 0 Å². The molecule has 0 heterocycles. The summed E-state index contributed by atoms with van der Waals surface area (Å²) >= 11 is 0. The first-order chi connectivity index (χ1) is 34.5. The summed E-state index contributed by atoms with van der Waals surface area (Å²) in [6.45, 7) is 4.10. The van der Waals surface area contributed by atoms with Gasteiger partial charge in [0.05, 0.1) is 18.8 Å². The summed E-state index contributed by atoms with van der Waals surface area (Å²) in [4.78, 5) is 12.6. The van der Waals surface area contributed by atoms with Crippen molar-refractivity contribution in [3.05, 3.63) is 12.2 Å². The molecule has 0 aromatic carbocycles. The van der Waals surface area contributed by atoms with E-state index in [1.54, 1.807) is 0 Å². The van der Waals surface area contributed by atoms with Gasteiger partial charge in [0, 0.05) is 0 Å². The molecule has 0 saturated heterocycles. The minimum atomic E-state index is -1.28. The molecule has 0 aromatic rings. The monoisotopic (exact) mass is 990 g/mol. The van der Waals surface area contributed by atoms with E-state index in [4.69, 9.17) is 0 Å². The lowest BCUT2D eigenvalue weighted by Crippen LogP contribution is -2.53. The van der Waals surface area contributed by atoms with Crippen LogP contribution in [0.3, 0.4) is 0 Å². The molecular weight excluding hydrogens is 863 g/mol. The third-order valence-corrected chi connectivity index (χ3v) is 15.5. The van der Waals surface area contributed by atoms with Crippen molar-refractivity contribution < 1.29 is 25.2 Å². The smallest absolute Gasteiger partial charge is 0.249 e. The zero-order valence-electron chi connectivity index (χ0n) is 47.6. The number of rotatable bonds is 60. The second kappa shape index (κ2) is 58.9. The lowest BCUT2D eigenvalue weighted by molar-refractivity contribution is -0.132. The van der Waals surface area contributed by atoms with Gasteiger partial charge in [-0.05, 0) is 38.5 Å². The topological polar surface area (TPSA) is 110 Å². The Hall–Kier alpha value is -0.950. The van der Waals surface area contributed by atoms with Crippen molar-refractivity contribution in [1.82, 2.24) is 5.32 Å². The van der Waals surface area contributed by atoms with Crippen LogP contribution in [0.15, 0.2) is 12.2 Å². The zero-order valence-corrected chi connectivity index (χ0v) is 47.6. The third-order valence-electron chi connectivity index (χ3n) is 15.5. The molecule has 0 spiro atoms. The van der Waals surface area contributed by atoms with Crippen LogP contribution in [-0.2, 0) is 4.79 Å². The van der Waals surface area contributed by atoms with Gasteiger partial charge in [-0.25, -0.2) is 0 Å². The van der Waals surface area contributed by atoms with Crippen LogP contribution >= 0.6 is 0 Å². The van der Waals surface area contributed by atoms with Crippen LogP contribution in [0.5, 0.6) is 0 Å². The average molecular weight is 991 g/mol. The van der Waals surface area contributed by atoms with Crippen LogP contribution < -0.4 is 5.32 Å². The summed E-state index contributed by atoms with van der Waals surface area (Å²) in [5.41, 5.74) is 0. The second-order valence-corrected chi connectivity index (χ2v) is 22.5. The van der Waals surface area contributed by atoms with Gasteiger partial charge in [0.1, 0.15) is 12.2 Å². The van der Waals surface area contributed by atoms with Gasteiger partial charge >= 0.3 is 0 Å². The van der Waals surface area contributed by atoms with E-state index in [0.29, 0.717) is 12.8 Å². The summed E-state index contributed by atoms with van der Waals surface area (Å²) in [5.74, 6) is -0.585. The van der Waals surface area contributed by atoms with Gasteiger partial charge < -0.3 is 25.7 Å². The van der Waals surface area contributed by atoms with Crippen molar-refractivity contribution >= 4 is 5.91 Å². The van der Waals surface area contributed by atoms with Gasteiger partial charge in [-0.2, -0.15) is 0 Å². The van der Waals surface area contributed by atoms with Crippen molar-refractivity contribution in [3.63, 3.8) is 0 Å². The Bertz CT molecular complexity index is 1020. The highest BCUT2D eigenvalue weighted by Gasteiger charge is 2.28. The number of hydrogen-bond donors (Lipinski definition) is 5. The number of nitrogens with one attached hydrogen (secondary N) is 1. The fourth-order valence-electron chi connectivity index (χ4n) is 10.5. The van der Waals surface area contributed by atoms with Crippen molar-refractivity contribution in [1.29, 1.82) is 0 Å². The molecular formula is C64H127NO5. The van der Waals surface area contributed by atoms with Crippen LogP contribution in [0.1, 0.15) is 361 Å². The molecule has 6 nitrogen and oxygen atoms in total. The highest BCUT2D eigenvalue weighted by Crippen LogP contribution is 2.19. The Balaban J connectivity index is 3.57. The predicted molar refractivity (Wildman–Crippen MR) is 307 cm³/mol. The average Bonchev–Trinajstić information content (AvgIpc) is 3.36. The SMILES string of the molecule is CCCCCCCCCCCCCCCCCCCCCCCCCC/C=C/CCCC(O)C(O)C(CO)NC(=O)C(O)CCCCCCCCCCCCCCCCCCCCCCCCCCC. The Morgan fingerprint density at radius 3 is 0.857 bits per heavy atom. The maximum absolute atomic E-state index is 12.6. The number of carbonyl (C=O) groups is 1. The molecule has 4 atom stereocenters. The molecule has 70 heavy (non-hydrogen) atoms. The fraction of sp³-hybridized carbons (Fsp3) is 0.953. The molecule has 4 unspecified atom stereocenters. The maximum atomic E-state index is 12.6.